The zero-order chi connectivity index (χ0) is 27.3. The summed E-state index contributed by atoms with van der Waals surface area (Å²) < 4.78 is 78.1. The molecule has 1 amide bonds. The molecule has 2 saturated heterocycles. The van der Waals surface area contributed by atoms with Crippen LogP contribution in [0.4, 0.5) is 13.2 Å². The number of alkyl halides is 1. The molecule has 2 heterocycles. The molecule has 2 aliphatic heterocycles. The van der Waals surface area contributed by atoms with Crippen molar-refractivity contribution in [3.8, 4) is 11.1 Å². The molecule has 0 aromatic heterocycles. The number of fused-ring (bicyclic) bond motifs is 2. The number of sulfonamides is 1. The van der Waals surface area contributed by atoms with Gasteiger partial charge in [-0.15, -0.1) is 0 Å². The van der Waals surface area contributed by atoms with Gasteiger partial charge in [-0.2, -0.15) is 0 Å². The van der Waals surface area contributed by atoms with Gasteiger partial charge >= 0.3 is 5.97 Å². The summed E-state index contributed by atoms with van der Waals surface area (Å²) in [5.41, 5.74) is -3.37. The molecular formula is C26H29F3N2O5S. The fourth-order valence-corrected chi connectivity index (χ4v) is 6.29. The Kier molecular flexibility index (Phi) is 6.91. The standard InChI is InChI=1S/C26H29F3N2O5S/c1-15(32)36-25(2,3)24(33)31-19-13-26(29,14-19)23(30-37(4,34)35)21(31)11-17-10-18(27)12-20(22(17)28)16-8-6-5-7-9-16/h5-10,12,19,21,23,30H,11,13-14H2,1-4H3/t19?,21-,23+,26?/m0/s1. The van der Waals surface area contributed by atoms with Gasteiger partial charge in [-0.05, 0) is 43.5 Å². The minimum absolute atomic E-state index is 0.0164. The van der Waals surface area contributed by atoms with Gasteiger partial charge in [-0.3, -0.25) is 9.59 Å². The first-order valence-corrected chi connectivity index (χ1v) is 13.7. The predicted octanol–water partition coefficient (Wildman–Crippen LogP) is 3.52. The number of ether oxygens (including phenoxy) is 1. The number of carbonyl (C=O) groups excluding carboxylic acids is 2. The SMILES string of the molecule is CC(=O)OC(C)(C)C(=O)N1C2CC(F)(C2)[C@H](NS(C)(=O)=O)[C@@H]1Cc1cc(F)cc(-c2ccccc2)c1F. The third-order valence-electron chi connectivity index (χ3n) is 6.96. The van der Waals surface area contributed by atoms with Crippen LogP contribution in [-0.2, 0) is 30.8 Å². The van der Waals surface area contributed by atoms with Crippen molar-refractivity contribution in [1.29, 1.82) is 0 Å². The monoisotopic (exact) mass is 538 g/mol. The van der Waals surface area contributed by atoms with E-state index < -0.39 is 62.9 Å². The molecule has 1 N–H and O–H groups in total. The zero-order valence-electron chi connectivity index (χ0n) is 20.9. The van der Waals surface area contributed by atoms with Crippen LogP contribution in [0.25, 0.3) is 11.1 Å². The molecule has 3 fully saturated rings. The van der Waals surface area contributed by atoms with Crippen molar-refractivity contribution in [1.82, 2.24) is 9.62 Å². The lowest BCUT2D eigenvalue weighted by molar-refractivity contribution is -0.189. The molecule has 0 spiro atoms. The number of amides is 1. The molecule has 0 radical (unpaired) electrons. The van der Waals surface area contributed by atoms with E-state index in [1.807, 2.05) is 0 Å². The predicted molar refractivity (Wildman–Crippen MR) is 131 cm³/mol. The summed E-state index contributed by atoms with van der Waals surface area (Å²) in [5.74, 6) is -2.89. The van der Waals surface area contributed by atoms with Crippen LogP contribution in [0.1, 0.15) is 39.2 Å². The fourth-order valence-electron chi connectivity index (χ4n) is 5.46. The molecule has 11 heteroatoms. The Morgan fingerprint density at radius 3 is 2.35 bits per heavy atom. The third kappa shape index (κ3) is 5.38. The fraction of sp³-hybridized carbons (Fsp3) is 0.462. The molecule has 1 saturated carbocycles. The van der Waals surface area contributed by atoms with Crippen LogP contribution in [0.3, 0.4) is 0 Å². The molecule has 0 unspecified atom stereocenters. The van der Waals surface area contributed by atoms with Crippen LogP contribution < -0.4 is 4.72 Å². The molecule has 2 aromatic rings. The lowest BCUT2D eigenvalue weighted by atomic mass is 9.64. The summed E-state index contributed by atoms with van der Waals surface area (Å²) in [4.78, 5) is 26.5. The van der Waals surface area contributed by atoms with E-state index >= 15 is 8.78 Å². The number of hydrogen-bond acceptors (Lipinski definition) is 5. The highest BCUT2D eigenvalue weighted by Crippen LogP contribution is 2.51. The zero-order valence-corrected chi connectivity index (χ0v) is 21.7. The molecule has 2 bridgehead atoms. The highest BCUT2D eigenvalue weighted by atomic mass is 32.2. The van der Waals surface area contributed by atoms with E-state index in [4.69, 9.17) is 4.74 Å². The third-order valence-corrected chi connectivity index (χ3v) is 7.64. The van der Waals surface area contributed by atoms with Crippen LogP contribution in [0.5, 0.6) is 0 Å². The Morgan fingerprint density at radius 2 is 1.78 bits per heavy atom. The number of esters is 1. The van der Waals surface area contributed by atoms with Crippen LogP contribution >= 0.6 is 0 Å². The van der Waals surface area contributed by atoms with E-state index in [1.165, 1.54) is 18.7 Å². The van der Waals surface area contributed by atoms with E-state index in [1.54, 1.807) is 30.3 Å². The summed E-state index contributed by atoms with van der Waals surface area (Å²) in [5, 5.41) is 0. The van der Waals surface area contributed by atoms with Gasteiger partial charge in [-0.25, -0.2) is 26.3 Å². The Morgan fingerprint density at radius 1 is 1.16 bits per heavy atom. The van der Waals surface area contributed by atoms with Gasteiger partial charge in [0.25, 0.3) is 5.91 Å². The van der Waals surface area contributed by atoms with Crippen molar-refractivity contribution in [2.75, 3.05) is 6.26 Å². The van der Waals surface area contributed by atoms with E-state index in [2.05, 4.69) is 4.72 Å². The Bertz CT molecular complexity index is 1330. The van der Waals surface area contributed by atoms with Crippen LogP contribution in [0, 0.1) is 11.6 Å². The maximum Gasteiger partial charge on any atom is 0.303 e. The van der Waals surface area contributed by atoms with Crippen molar-refractivity contribution in [2.24, 2.45) is 0 Å². The molecular weight excluding hydrogens is 509 g/mol. The normalized spacial score (nSPS) is 25.4. The van der Waals surface area contributed by atoms with Crippen molar-refractivity contribution >= 4 is 21.9 Å². The van der Waals surface area contributed by atoms with Gasteiger partial charge in [0, 0.05) is 31.4 Å². The van der Waals surface area contributed by atoms with Gasteiger partial charge in [0.15, 0.2) is 5.60 Å². The molecule has 5 rings (SSSR count). The van der Waals surface area contributed by atoms with Crippen molar-refractivity contribution in [2.45, 2.75) is 69.4 Å². The minimum Gasteiger partial charge on any atom is -0.450 e. The number of halogens is 3. The van der Waals surface area contributed by atoms with E-state index in [0.717, 1.165) is 25.3 Å². The molecule has 3 aliphatic rings. The maximum atomic E-state index is 15.8. The van der Waals surface area contributed by atoms with Gasteiger partial charge in [0.1, 0.15) is 17.3 Å². The van der Waals surface area contributed by atoms with Crippen LogP contribution in [0.15, 0.2) is 42.5 Å². The van der Waals surface area contributed by atoms with Gasteiger partial charge in [-0.1, -0.05) is 30.3 Å². The molecule has 7 nitrogen and oxygen atoms in total. The lowest BCUT2D eigenvalue weighted by Crippen LogP contribution is -2.78. The van der Waals surface area contributed by atoms with Gasteiger partial charge in [0.2, 0.25) is 10.0 Å². The highest BCUT2D eigenvalue weighted by Gasteiger charge is 2.64. The summed E-state index contributed by atoms with van der Waals surface area (Å²) in [7, 11) is -3.95. The smallest absolute Gasteiger partial charge is 0.303 e. The number of piperidine rings is 2. The molecule has 2 atom stereocenters. The highest BCUT2D eigenvalue weighted by molar-refractivity contribution is 7.88. The van der Waals surface area contributed by atoms with Crippen LogP contribution in [0.2, 0.25) is 0 Å². The van der Waals surface area contributed by atoms with Crippen molar-refractivity contribution < 1.29 is 35.9 Å². The quantitative estimate of drug-likeness (QED) is 0.545. The number of hydrogen-bond donors (Lipinski definition) is 1. The van der Waals surface area contributed by atoms with E-state index in [0.29, 0.717) is 5.56 Å². The second-order valence-corrected chi connectivity index (χ2v) is 12.1. The number of rotatable bonds is 7. The average Bonchev–Trinajstić information content (AvgIpc) is 2.76. The number of nitrogens with one attached hydrogen (secondary N) is 1. The van der Waals surface area contributed by atoms with Crippen LogP contribution in [-0.4, -0.2) is 60.8 Å². The Hall–Kier alpha value is -2.92. The first-order valence-electron chi connectivity index (χ1n) is 11.8. The first-order chi connectivity index (χ1) is 17.1. The summed E-state index contributed by atoms with van der Waals surface area (Å²) in [6.45, 7) is 3.89. The second kappa shape index (κ2) is 9.43. The summed E-state index contributed by atoms with van der Waals surface area (Å²) >= 11 is 0. The molecule has 200 valence electrons. The molecule has 1 aliphatic carbocycles. The summed E-state index contributed by atoms with van der Waals surface area (Å²) in [6, 6.07) is 7.04. The molecule has 2 aromatic carbocycles. The number of benzene rings is 2. The van der Waals surface area contributed by atoms with E-state index in [-0.39, 0.29) is 30.4 Å². The average molecular weight is 539 g/mol. The summed E-state index contributed by atoms with van der Waals surface area (Å²) in [6.07, 6.45) is 0.211. The second-order valence-electron chi connectivity index (χ2n) is 10.3. The number of carbonyl (C=O) groups is 2. The first kappa shape index (κ1) is 27.1. The Balaban J connectivity index is 1.80. The maximum absolute atomic E-state index is 15.8. The Labute approximate surface area is 214 Å². The largest absolute Gasteiger partial charge is 0.450 e. The van der Waals surface area contributed by atoms with Gasteiger partial charge < -0.3 is 9.64 Å². The van der Waals surface area contributed by atoms with E-state index in [9.17, 15) is 22.4 Å². The van der Waals surface area contributed by atoms with Gasteiger partial charge in [0.05, 0.1) is 18.3 Å². The molecule has 37 heavy (non-hydrogen) atoms. The minimum atomic E-state index is -3.95. The van der Waals surface area contributed by atoms with Crippen molar-refractivity contribution in [3.05, 3.63) is 59.7 Å². The van der Waals surface area contributed by atoms with Crippen molar-refractivity contribution in [3.63, 3.8) is 0 Å². The number of nitrogens with zero attached hydrogens (tertiary/aromatic N) is 1. The lowest BCUT2D eigenvalue weighted by Gasteiger charge is -2.61. The topological polar surface area (TPSA) is 92.8 Å².